The highest BCUT2D eigenvalue weighted by molar-refractivity contribution is 6.23. The van der Waals surface area contributed by atoms with Gasteiger partial charge in [0, 0.05) is 5.56 Å². The fourth-order valence-electron chi connectivity index (χ4n) is 4.31. The first-order valence-electron chi connectivity index (χ1n) is 11.1. The normalized spacial score (nSPS) is 18.2. The lowest BCUT2D eigenvalue weighted by Crippen LogP contribution is -2.31. The Bertz CT molecular complexity index is 1200. The predicted molar refractivity (Wildman–Crippen MR) is 121 cm³/mol. The fourth-order valence-corrected chi connectivity index (χ4v) is 4.31. The van der Waals surface area contributed by atoms with Gasteiger partial charge in [-0.2, -0.15) is 0 Å². The van der Waals surface area contributed by atoms with Crippen molar-refractivity contribution in [2.75, 3.05) is 4.90 Å². The van der Waals surface area contributed by atoms with Gasteiger partial charge in [-0.15, -0.1) is 10.2 Å². The number of benzene rings is 2. The molecule has 0 spiro atoms. The van der Waals surface area contributed by atoms with Crippen LogP contribution in [0.2, 0.25) is 0 Å². The molecule has 170 valence electrons. The molecule has 33 heavy (non-hydrogen) atoms. The highest BCUT2D eigenvalue weighted by Gasteiger charge is 2.47. The lowest BCUT2D eigenvalue weighted by molar-refractivity contribution is -0.122. The molecule has 0 saturated carbocycles. The van der Waals surface area contributed by atoms with Gasteiger partial charge < -0.3 is 9.52 Å². The van der Waals surface area contributed by atoms with Crippen LogP contribution < -0.4 is 4.90 Å². The second kappa shape index (κ2) is 9.36. The molecule has 3 aromatic rings. The van der Waals surface area contributed by atoms with Gasteiger partial charge in [0.25, 0.3) is 0 Å². The van der Waals surface area contributed by atoms with Crippen molar-refractivity contribution in [1.82, 2.24) is 10.2 Å². The number of carboxylic acids is 1. The Morgan fingerprint density at radius 1 is 1.00 bits per heavy atom. The first-order valence-corrected chi connectivity index (χ1v) is 11.1. The molecule has 2 aromatic carbocycles. The summed E-state index contributed by atoms with van der Waals surface area (Å²) in [5, 5.41) is 17.4. The summed E-state index contributed by atoms with van der Waals surface area (Å²) < 4.78 is 5.84. The van der Waals surface area contributed by atoms with E-state index < -0.39 is 5.97 Å². The third-order valence-electron chi connectivity index (χ3n) is 6.03. The number of hydrogen-bond acceptors (Lipinski definition) is 6. The molecule has 2 heterocycles. The van der Waals surface area contributed by atoms with Gasteiger partial charge in [0.2, 0.25) is 23.6 Å². The zero-order valence-electron chi connectivity index (χ0n) is 18.5. The minimum Gasteiger partial charge on any atom is -0.478 e. The number of carbonyl (C=O) groups excluding carboxylic acids is 2. The van der Waals surface area contributed by atoms with Crippen molar-refractivity contribution in [3.05, 3.63) is 54.1 Å². The molecule has 0 radical (unpaired) electrons. The minimum atomic E-state index is -1.06. The van der Waals surface area contributed by atoms with Crippen LogP contribution in [0.15, 0.2) is 52.9 Å². The lowest BCUT2D eigenvalue weighted by atomic mass is 9.88. The van der Waals surface area contributed by atoms with Crippen LogP contribution in [0.1, 0.15) is 49.9 Å². The topological polar surface area (TPSA) is 114 Å². The second-order valence-electron chi connectivity index (χ2n) is 8.09. The summed E-state index contributed by atoms with van der Waals surface area (Å²) in [5.41, 5.74) is 1.45. The van der Waals surface area contributed by atoms with E-state index in [-0.39, 0.29) is 41.0 Å². The van der Waals surface area contributed by atoms with E-state index in [4.69, 9.17) is 4.42 Å². The minimum absolute atomic E-state index is 0.102. The number of anilines is 1. The summed E-state index contributed by atoms with van der Waals surface area (Å²) in [6.07, 6.45) is 3.13. The maximum Gasteiger partial charge on any atom is 0.335 e. The molecule has 0 bridgehead atoms. The number of carbonyl (C=O) groups is 3. The van der Waals surface area contributed by atoms with Gasteiger partial charge in [0.15, 0.2) is 0 Å². The first-order chi connectivity index (χ1) is 16.0. The predicted octanol–water partition coefficient (Wildman–Crippen LogP) is 4.81. The molecule has 1 aromatic heterocycles. The molecule has 2 unspecified atom stereocenters. The molecule has 1 N–H and O–H groups in total. The smallest absolute Gasteiger partial charge is 0.335 e. The number of rotatable bonds is 8. The van der Waals surface area contributed by atoms with Crippen molar-refractivity contribution in [2.24, 2.45) is 11.8 Å². The largest absolute Gasteiger partial charge is 0.478 e. The molecule has 2 amide bonds. The quantitative estimate of drug-likeness (QED) is 0.493. The van der Waals surface area contributed by atoms with E-state index >= 15 is 0 Å². The SMILES string of the molecule is CCCCC1C(=O)N(c2ccccc2-c2nnc(-c3cccc(C(=O)O)c3)o2)C(=O)C1CC. The Labute approximate surface area is 191 Å². The number of carboxylic acid groups (broad SMARTS) is 1. The van der Waals surface area contributed by atoms with E-state index in [1.807, 2.05) is 6.92 Å². The lowest BCUT2D eigenvalue weighted by Gasteiger charge is -2.17. The van der Waals surface area contributed by atoms with Crippen molar-refractivity contribution < 1.29 is 23.9 Å². The second-order valence-corrected chi connectivity index (χ2v) is 8.09. The Balaban J connectivity index is 1.71. The molecular weight excluding hydrogens is 422 g/mol. The highest BCUT2D eigenvalue weighted by Crippen LogP contribution is 2.40. The number of amides is 2. The molecule has 8 nitrogen and oxygen atoms in total. The van der Waals surface area contributed by atoms with E-state index in [9.17, 15) is 19.5 Å². The Morgan fingerprint density at radius 3 is 2.45 bits per heavy atom. The number of unbranched alkanes of at least 4 members (excludes halogenated alkanes) is 1. The summed E-state index contributed by atoms with van der Waals surface area (Å²) >= 11 is 0. The monoisotopic (exact) mass is 447 g/mol. The molecule has 0 aliphatic carbocycles. The van der Waals surface area contributed by atoms with E-state index in [0.717, 1.165) is 12.8 Å². The van der Waals surface area contributed by atoms with Gasteiger partial charge in [0.05, 0.1) is 28.7 Å². The Kier molecular flexibility index (Phi) is 6.35. The van der Waals surface area contributed by atoms with Crippen LogP contribution in [0.4, 0.5) is 5.69 Å². The van der Waals surface area contributed by atoms with Crippen LogP contribution in [0.5, 0.6) is 0 Å². The number of para-hydroxylation sites is 1. The van der Waals surface area contributed by atoms with Gasteiger partial charge in [-0.25, -0.2) is 9.69 Å². The maximum atomic E-state index is 13.3. The van der Waals surface area contributed by atoms with Crippen LogP contribution in [0, 0.1) is 11.8 Å². The van der Waals surface area contributed by atoms with Crippen LogP contribution >= 0.6 is 0 Å². The average molecular weight is 447 g/mol. The molecule has 2 atom stereocenters. The molecule has 1 saturated heterocycles. The molecule has 1 aliphatic rings. The fraction of sp³-hybridized carbons (Fsp3) is 0.320. The van der Waals surface area contributed by atoms with Crippen LogP contribution in [0.3, 0.4) is 0 Å². The zero-order chi connectivity index (χ0) is 23.5. The van der Waals surface area contributed by atoms with Gasteiger partial charge in [-0.3, -0.25) is 9.59 Å². The van der Waals surface area contributed by atoms with Crippen molar-refractivity contribution in [3.8, 4) is 22.9 Å². The number of aromatic nitrogens is 2. The summed E-state index contributed by atoms with van der Waals surface area (Å²) in [4.78, 5) is 39.0. The van der Waals surface area contributed by atoms with Gasteiger partial charge in [-0.1, -0.05) is 44.9 Å². The summed E-state index contributed by atoms with van der Waals surface area (Å²) in [7, 11) is 0. The number of imide groups is 1. The highest BCUT2D eigenvalue weighted by atomic mass is 16.4. The van der Waals surface area contributed by atoms with Crippen molar-refractivity contribution >= 4 is 23.5 Å². The van der Waals surface area contributed by atoms with E-state index in [2.05, 4.69) is 17.1 Å². The average Bonchev–Trinajstić information content (AvgIpc) is 3.40. The van der Waals surface area contributed by atoms with Crippen LogP contribution in [-0.2, 0) is 9.59 Å². The summed E-state index contributed by atoms with van der Waals surface area (Å²) in [6.45, 7) is 3.99. The van der Waals surface area contributed by atoms with Crippen molar-refractivity contribution in [3.63, 3.8) is 0 Å². The molecular formula is C25H25N3O5. The molecule has 8 heteroatoms. The summed E-state index contributed by atoms with van der Waals surface area (Å²) in [6, 6.07) is 13.1. The Hall–Kier alpha value is -3.81. The number of nitrogens with zero attached hydrogens (tertiary/aromatic N) is 3. The maximum absolute atomic E-state index is 13.3. The zero-order valence-corrected chi connectivity index (χ0v) is 18.5. The van der Waals surface area contributed by atoms with Gasteiger partial charge in [-0.05, 0) is 43.2 Å². The standard InChI is InChI=1S/C25H25N3O5/c1-3-5-11-18-17(4-2)23(29)28(24(18)30)20-13-7-6-12-19(20)22-27-26-21(33-22)15-9-8-10-16(14-15)25(31)32/h6-10,12-14,17-18H,3-5,11H2,1-2H3,(H,31,32). The van der Waals surface area contributed by atoms with Gasteiger partial charge in [0.1, 0.15) is 0 Å². The summed E-state index contributed by atoms with van der Waals surface area (Å²) in [5.74, 6) is -1.83. The number of hydrogen-bond donors (Lipinski definition) is 1. The Morgan fingerprint density at radius 2 is 1.73 bits per heavy atom. The van der Waals surface area contributed by atoms with E-state index in [1.165, 1.54) is 17.0 Å². The van der Waals surface area contributed by atoms with Gasteiger partial charge >= 0.3 is 5.97 Å². The van der Waals surface area contributed by atoms with Crippen LogP contribution in [-0.4, -0.2) is 33.1 Å². The molecule has 4 rings (SSSR count). The third kappa shape index (κ3) is 4.16. The van der Waals surface area contributed by atoms with Crippen LogP contribution in [0.25, 0.3) is 22.9 Å². The van der Waals surface area contributed by atoms with Crippen molar-refractivity contribution in [1.29, 1.82) is 0 Å². The third-order valence-corrected chi connectivity index (χ3v) is 6.03. The number of aromatic carboxylic acids is 1. The van der Waals surface area contributed by atoms with E-state index in [1.54, 1.807) is 36.4 Å². The molecule has 1 aliphatic heterocycles. The van der Waals surface area contributed by atoms with Crippen molar-refractivity contribution in [2.45, 2.75) is 39.5 Å². The van der Waals surface area contributed by atoms with E-state index in [0.29, 0.717) is 29.7 Å². The first kappa shape index (κ1) is 22.4. The molecule has 1 fully saturated rings.